The van der Waals surface area contributed by atoms with Gasteiger partial charge >= 0.3 is 0 Å². The minimum absolute atomic E-state index is 0.00952. The summed E-state index contributed by atoms with van der Waals surface area (Å²) in [6.07, 6.45) is 3.07. The first kappa shape index (κ1) is 17.0. The van der Waals surface area contributed by atoms with E-state index in [4.69, 9.17) is 5.11 Å². The van der Waals surface area contributed by atoms with Crippen molar-refractivity contribution in [3.05, 3.63) is 41.7 Å². The first-order valence-corrected chi connectivity index (χ1v) is 7.70. The molecule has 0 unspecified atom stereocenters. The lowest BCUT2D eigenvalue weighted by Gasteiger charge is -2.18. The molecule has 0 spiro atoms. The summed E-state index contributed by atoms with van der Waals surface area (Å²) in [5, 5.41) is 16.1. The van der Waals surface area contributed by atoms with E-state index in [1.54, 1.807) is 4.68 Å². The van der Waals surface area contributed by atoms with Crippen LogP contribution in [0.5, 0.6) is 0 Å². The number of nitrogens with zero attached hydrogens (tertiary/aromatic N) is 3. The van der Waals surface area contributed by atoms with Crippen molar-refractivity contribution >= 4 is 17.3 Å². The van der Waals surface area contributed by atoms with Gasteiger partial charge in [-0.3, -0.25) is 9.48 Å². The topological polar surface area (TPSA) is 70.4 Å². The molecule has 1 aromatic heterocycles. The second-order valence-electron chi connectivity index (χ2n) is 5.65. The summed E-state index contributed by atoms with van der Waals surface area (Å²) in [5.41, 5.74) is 3.85. The molecule has 0 radical (unpaired) electrons. The number of aliphatic hydroxyl groups excluding tert-OH is 1. The fourth-order valence-corrected chi connectivity index (χ4v) is 2.44. The van der Waals surface area contributed by atoms with E-state index in [1.165, 1.54) is 0 Å². The first-order valence-electron chi connectivity index (χ1n) is 7.70. The lowest BCUT2D eigenvalue weighted by atomic mass is 10.1. The third-order valence-corrected chi connectivity index (χ3v) is 3.76. The summed E-state index contributed by atoms with van der Waals surface area (Å²) in [4.78, 5) is 14.0. The third-order valence-electron chi connectivity index (χ3n) is 3.76. The molecule has 0 saturated heterocycles. The Balaban J connectivity index is 1.86. The highest BCUT2D eigenvalue weighted by Crippen LogP contribution is 2.17. The molecular formula is C17H24N4O2. The van der Waals surface area contributed by atoms with E-state index in [-0.39, 0.29) is 12.5 Å². The van der Waals surface area contributed by atoms with Crippen LogP contribution in [0.4, 0.5) is 11.4 Å². The highest BCUT2D eigenvalue weighted by Gasteiger charge is 2.08. The molecule has 6 nitrogen and oxygen atoms in total. The molecule has 0 atom stereocenters. The molecule has 0 fully saturated rings. The van der Waals surface area contributed by atoms with E-state index < -0.39 is 0 Å². The second kappa shape index (κ2) is 7.78. The number of benzene rings is 1. The number of aliphatic hydroxyl groups is 1. The summed E-state index contributed by atoms with van der Waals surface area (Å²) in [7, 11) is 3.80. The van der Waals surface area contributed by atoms with Crippen molar-refractivity contribution in [1.29, 1.82) is 0 Å². The molecule has 2 rings (SSSR count). The molecule has 0 aliphatic carbocycles. The zero-order chi connectivity index (χ0) is 16.8. The van der Waals surface area contributed by atoms with Crippen LogP contribution in [0.3, 0.4) is 0 Å². The van der Waals surface area contributed by atoms with Gasteiger partial charge in [0.1, 0.15) is 0 Å². The van der Waals surface area contributed by atoms with Gasteiger partial charge in [-0.15, -0.1) is 0 Å². The number of carbonyl (C=O) groups is 1. The van der Waals surface area contributed by atoms with Crippen LogP contribution in [0.1, 0.15) is 17.7 Å². The molecule has 0 aliphatic rings. The van der Waals surface area contributed by atoms with Crippen LogP contribution in [0.15, 0.2) is 30.5 Å². The molecule has 6 heteroatoms. The lowest BCUT2D eigenvalue weighted by Crippen LogP contribution is -2.21. The number of nitrogens with one attached hydrogen (secondary N) is 1. The number of anilines is 2. The summed E-state index contributed by atoms with van der Waals surface area (Å²) in [5.74, 6) is -0.00952. The Morgan fingerprint density at radius 2 is 2.04 bits per heavy atom. The number of hydrogen-bond acceptors (Lipinski definition) is 4. The van der Waals surface area contributed by atoms with Gasteiger partial charge in [-0.25, -0.2) is 0 Å². The molecule has 2 aromatic rings. The van der Waals surface area contributed by atoms with Crippen LogP contribution in [0.25, 0.3) is 0 Å². The summed E-state index contributed by atoms with van der Waals surface area (Å²) < 4.78 is 1.77. The first-order chi connectivity index (χ1) is 11.0. The van der Waals surface area contributed by atoms with E-state index in [0.29, 0.717) is 19.4 Å². The molecule has 0 saturated carbocycles. The summed E-state index contributed by atoms with van der Waals surface area (Å²) in [6, 6.07) is 7.60. The number of carbonyl (C=O) groups excluding carboxylic acids is 1. The van der Waals surface area contributed by atoms with Crippen molar-refractivity contribution < 1.29 is 9.90 Å². The highest BCUT2D eigenvalue weighted by atomic mass is 16.3. The number of aromatic nitrogens is 2. The number of hydrogen-bond donors (Lipinski definition) is 2. The number of rotatable bonds is 7. The van der Waals surface area contributed by atoms with Gasteiger partial charge in [0, 0.05) is 44.6 Å². The average Bonchev–Trinajstić information content (AvgIpc) is 2.84. The van der Waals surface area contributed by atoms with Gasteiger partial charge in [-0.1, -0.05) is 0 Å². The van der Waals surface area contributed by atoms with Gasteiger partial charge in [0.05, 0.1) is 12.3 Å². The number of likely N-dealkylation sites (N-methyl/N-ethyl adjacent to an activating group) is 1. The van der Waals surface area contributed by atoms with Gasteiger partial charge in [-0.05, 0) is 43.2 Å². The monoisotopic (exact) mass is 316 g/mol. The van der Waals surface area contributed by atoms with E-state index >= 15 is 0 Å². The Morgan fingerprint density at radius 3 is 2.61 bits per heavy atom. The molecule has 0 aliphatic heterocycles. The Hall–Kier alpha value is -2.34. The second-order valence-corrected chi connectivity index (χ2v) is 5.65. The zero-order valence-corrected chi connectivity index (χ0v) is 13.9. The molecule has 0 bridgehead atoms. The predicted molar refractivity (Wildman–Crippen MR) is 91.7 cm³/mol. The van der Waals surface area contributed by atoms with Crippen LogP contribution in [-0.2, 0) is 18.3 Å². The fraction of sp³-hybridized carbons (Fsp3) is 0.412. The quantitative estimate of drug-likeness (QED) is 0.816. The van der Waals surface area contributed by atoms with Crippen molar-refractivity contribution in [1.82, 2.24) is 9.78 Å². The maximum absolute atomic E-state index is 12.0. The molecule has 2 N–H and O–H groups in total. The van der Waals surface area contributed by atoms with Crippen molar-refractivity contribution in [3.63, 3.8) is 0 Å². The van der Waals surface area contributed by atoms with E-state index in [1.807, 2.05) is 56.4 Å². The Kier molecular flexibility index (Phi) is 5.76. The minimum atomic E-state index is -0.00952. The van der Waals surface area contributed by atoms with Crippen LogP contribution >= 0.6 is 0 Å². The fourth-order valence-electron chi connectivity index (χ4n) is 2.44. The van der Waals surface area contributed by atoms with Crippen molar-refractivity contribution in [2.24, 2.45) is 7.05 Å². The van der Waals surface area contributed by atoms with Crippen LogP contribution in [0.2, 0.25) is 0 Å². The predicted octanol–water partition coefficient (Wildman–Crippen LogP) is 1.73. The van der Waals surface area contributed by atoms with E-state index in [9.17, 15) is 4.79 Å². The highest BCUT2D eigenvalue weighted by molar-refractivity contribution is 5.91. The summed E-state index contributed by atoms with van der Waals surface area (Å²) >= 11 is 0. The van der Waals surface area contributed by atoms with Crippen molar-refractivity contribution in [2.75, 3.05) is 30.4 Å². The van der Waals surface area contributed by atoms with Crippen molar-refractivity contribution in [3.8, 4) is 0 Å². The molecule has 124 valence electrons. The van der Waals surface area contributed by atoms with Crippen molar-refractivity contribution in [2.45, 2.75) is 19.8 Å². The van der Waals surface area contributed by atoms with Gasteiger partial charge in [0.15, 0.2) is 0 Å². The standard InChI is InChI=1S/C17H24N4O2/c1-13-14(12-21(3)19-13)4-9-17(23)18-15-5-7-16(8-6-15)20(2)10-11-22/h5-8,12,22H,4,9-11H2,1-3H3,(H,18,23). The Bertz CT molecular complexity index is 649. The van der Waals surface area contributed by atoms with E-state index in [2.05, 4.69) is 10.4 Å². The zero-order valence-electron chi connectivity index (χ0n) is 13.9. The average molecular weight is 316 g/mol. The minimum Gasteiger partial charge on any atom is -0.395 e. The van der Waals surface area contributed by atoms with E-state index in [0.717, 1.165) is 22.6 Å². The van der Waals surface area contributed by atoms with Gasteiger partial charge in [0.25, 0.3) is 0 Å². The maximum atomic E-state index is 12.0. The summed E-state index contributed by atoms with van der Waals surface area (Å²) in [6.45, 7) is 2.65. The molecule has 1 heterocycles. The smallest absolute Gasteiger partial charge is 0.224 e. The molecule has 1 aromatic carbocycles. The lowest BCUT2D eigenvalue weighted by molar-refractivity contribution is -0.116. The number of amides is 1. The molecule has 1 amide bonds. The van der Waals surface area contributed by atoms with Gasteiger partial charge in [-0.2, -0.15) is 5.10 Å². The Labute approximate surface area is 136 Å². The molecular weight excluding hydrogens is 292 g/mol. The van der Waals surface area contributed by atoms with Gasteiger partial charge < -0.3 is 15.3 Å². The van der Waals surface area contributed by atoms with Gasteiger partial charge in [0.2, 0.25) is 5.91 Å². The SMILES string of the molecule is Cc1nn(C)cc1CCC(=O)Nc1ccc(N(C)CCO)cc1. The third kappa shape index (κ3) is 4.82. The molecule has 23 heavy (non-hydrogen) atoms. The van der Waals surface area contributed by atoms with Crippen LogP contribution in [0, 0.1) is 6.92 Å². The van der Waals surface area contributed by atoms with Crippen LogP contribution in [-0.4, -0.2) is 41.0 Å². The largest absolute Gasteiger partial charge is 0.395 e. The maximum Gasteiger partial charge on any atom is 0.224 e. The number of aryl methyl sites for hydroxylation is 3. The normalized spacial score (nSPS) is 10.6. The Morgan fingerprint density at radius 1 is 1.35 bits per heavy atom. The van der Waals surface area contributed by atoms with Crippen LogP contribution < -0.4 is 10.2 Å².